The second-order valence-electron chi connectivity index (χ2n) is 2.97. The summed E-state index contributed by atoms with van der Waals surface area (Å²) in [6.45, 7) is 1.69. The standard InChI is InChI=1S/C8H6Cl4O/c1-7(8(10,11)12)3-2-6(13)5(9)4-7/h2-4H,1H3. The van der Waals surface area contributed by atoms with Crippen LogP contribution in [0.3, 0.4) is 0 Å². The van der Waals surface area contributed by atoms with Crippen LogP contribution in [0.25, 0.3) is 0 Å². The topological polar surface area (TPSA) is 17.1 Å². The summed E-state index contributed by atoms with van der Waals surface area (Å²) in [6, 6.07) is 0. The molecule has 0 aromatic carbocycles. The van der Waals surface area contributed by atoms with Gasteiger partial charge in [0.1, 0.15) is 0 Å². The third-order valence-corrected chi connectivity index (χ3v) is 3.37. The highest BCUT2D eigenvalue weighted by atomic mass is 35.6. The molecule has 1 unspecified atom stereocenters. The van der Waals surface area contributed by atoms with E-state index < -0.39 is 9.21 Å². The van der Waals surface area contributed by atoms with E-state index in [0.29, 0.717) is 0 Å². The van der Waals surface area contributed by atoms with Gasteiger partial charge in [0.05, 0.1) is 10.4 Å². The Kier molecular flexibility index (Phi) is 3.04. The smallest absolute Gasteiger partial charge is 0.202 e. The third kappa shape index (κ3) is 2.21. The summed E-state index contributed by atoms with van der Waals surface area (Å²) in [7, 11) is 0. The van der Waals surface area contributed by atoms with Gasteiger partial charge in [0.2, 0.25) is 3.79 Å². The van der Waals surface area contributed by atoms with Crippen LogP contribution in [0.5, 0.6) is 0 Å². The molecular formula is C8H6Cl4O. The van der Waals surface area contributed by atoms with E-state index in [2.05, 4.69) is 0 Å². The van der Waals surface area contributed by atoms with Crippen LogP contribution in [-0.2, 0) is 4.79 Å². The molecule has 0 fully saturated rings. The van der Waals surface area contributed by atoms with E-state index in [0.717, 1.165) is 0 Å². The highest BCUT2D eigenvalue weighted by Crippen LogP contribution is 2.48. The molecule has 0 amide bonds. The fourth-order valence-corrected chi connectivity index (χ4v) is 1.53. The SMILES string of the molecule is CC1(C(Cl)(Cl)Cl)C=CC(=O)C(Cl)=C1. The van der Waals surface area contributed by atoms with Gasteiger partial charge in [0.15, 0.2) is 5.78 Å². The molecule has 0 bridgehead atoms. The molecule has 1 atom stereocenters. The predicted octanol–water partition coefficient (Wildman–Crippen LogP) is 3.62. The average molecular weight is 260 g/mol. The number of carbonyl (C=O) groups is 1. The Morgan fingerprint density at radius 1 is 1.38 bits per heavy atom. The zero-order chi connectivity index (χ0) is 10.3. The second kappa shape index (κ2) is 3.47. The summed E-state index contributed by atoms with van der Waals surface area (Å²) in [5.74, 6) is -0.270. The van der Waals surface area contributed by atoms with E-state index in [1.54, 1.807) is 6.92 Å². The molecule has 0 heterocycles. The van der Waals surface area contributed by atoms with E-state index >= 15 is 0 Å². The Morgan fingerprint density at radius 3 is 2.31 bits per heavy atom. The fraction of sp³-hybridized carbons (Fsp3) is 0.375. The van der Waals surface area contributed by atoms with Gasteiger partial charge >= 0.3 is 0 Å². The van der Waals surface area contributed by atoms with Gasteiger partial charge in [0, 0.05) is 0 Å². The summed E-state index contributed by atoms with van der Waals surface area (Å²) in [6.07, 6.45) is 4.29. The number of halogens is 4. The van der Waals surface area contributed by atoms with Gasteiger partial charge in [-0.15, -0.1) is 0 Å². The second-order valence-corrected chi connectivity index (χ2v) is 5.66. The Morgan fingerprint density at radius 2 is 1.92 bits per heavy atom. The van der Waals surface area contributed by atoms with Crippen molar-refractivity contribution in [2.45, 2.75) is 10.7 Å². The maximum absolute atomic E-state index is 11.0. The molecule has 1 aliphatic carbocycles. The quantitative estimate of drug-likeness (QED) is 0.608. The Labute approximate surface area is 96.3 Å². The molecule has 0 aromatic heterocycles. The predicted molar refractivity (Wildman–Crippen MR) is 56.5 cm³/mol. The highest BCUT2D eigenvalue weighted by molar-refractivity contribution is 6.68. The number of alkyl halides is 3. The average Bonchev–Trinajstić information content (AvgIpc) is 1.95. The summed E-state index contributed by atoms with van der Waals surface area (Å²) in [5, 5.41) is 0.0799. The molecule has 1 aliphatic rings. The van der Waals surface area contributed by atoms with Gasteiger partial charge in [-0.1, -0.05) is 52.5 Å². The lowest BCUT2D eigenvalue weighted by Crippen LogP contribution is -2.30. The summed E-state index contributed by atoms with van der Waals surface area (Å²) >= 11 is 22.8. The van der Waals surface area contributed by atoms with Gasteiger partial charge in [-0.05, 0) is 19.1 Å². The largest absolute Gasteiger partial charge is 0.288 e. The van der Waals surface area contributed by atoms with Crippen LogP contribution in [0.15, 0.2) is 23.3 Å². The molecule has 0 N–H and O–H groups in total. The number of hydrogen-bond acceptors (Lipinski definition) is 1. The lowest BCUT2D eigenvalue weighted by atomic mass is 9.87. The number of allylic oxidation sites excluding steroid dienone is 4. The minimum absolute atomic E-state index is 0.0799. The summed E-state index contributed by atoms with van der Waals surface area (Å²) < 4.78 is -1.51. The summed E-state index contributed by atoms with van der Waals surface area (Å²) in [5.41, 5.74) is -0.831. The molecule has 13 heavy (non-hydrogen) atoms. The molecular weight excluding hydrogens is 254 g/mol. The maximum atomic E-state index is 11.0. The molecule has 0 saturated heterocycles. The van der Waals surface area contributed by atoms with Crippen LogP contribution >= 0.6 is 46.4 Å². The molecule has 0 aromatic rings. The van der Waals surface area contributed by atoms with Crippen LogP contribution < -0.4 is 0 Å². The lowest BCUT2D eigenvalue weighted by Gasteiger charge is -2.32. The van der Waals surface area contributed by atoms with Crippen molar-refractivity contribution in [1.82, 2.24) is 0 Å². The third-order valence-electron chi connectivity index (χ3n) is 1.85. The van der Waals surface area contributed by atoms with E-state index in [9.17, 15) is 4.79 Å². The maximum Gasteiger partial charge on any atom is 0.202 e. The normalized spacial score (nSPS) is 29.0. The first-order valence-electron chi connectivity index (χ1n) is 3.45. The first kappa shape index (κ1) is 11.4. The minimum Gasteiger partial charge on any atom is -0.288 e. The number of carbonyl (C=O) groups excluding carboxylic acids is 1. The number of rotatable bonds is 0. The van der Waals surface area contributed by atoms with Gasteiger partial charge < -0.3 is 0 Å². The van der Waals surface area contributed by atoms with Crippen molar-refractivity contribution < 1.29 is 4.79 Å². The van der Waals surface area contributed by atoms with Crippen LogP contribution in [0, 0.1) is 5.41 Å². The highest BCUT2D eigenvalue weighted by Gasteiger charge is 2.42. The van der Waals surface area contributed by atoms with E-state index in [4.69, 9.17) is 46.4 Å². The molecule has 0 saturated carbocycles. The van der Waals surface area contributed by atoms with Crippen molar-refractivity contribution in [1.29, 1.82) is 0 Å². The van der Waals surface area contributed by atoms with Gasteiger partial charge in [-0.2, -0.15) is 0 Å². The van der Waals surface area contributed by atoms with E-state index in [-0.39, 0.29) is 10.8 Å². The van der Waals surface area contributed by atoms with Crippen LogP contribution in [0.1, 0.15) is 6.92 Å². The Hall–Kier alpha value is 0.310. The molecule has 5 heteroatoms. The zero-order valence-corrected chi connectivity index (χ0v) is 9.68. The van der Waals surface area contributed by atoms with E-state index in [1.165, 1.54) is 18.2 Å². The molecule has 1 nitrogen and oxygen atoms in total. The first-order valence-corrected chi connectivity index (χ1v) is 4.96. The van der Waals surface area contributed by atoms with E-state index in [1.807, 2.05) is 0 Å². The molecule has 0 radical (unpaired) electrons. The lowest BCUT2D eigenvalue weighted by molar-refractivity contribution is -0.111. The fourth-order valence-electron chi connectivity index (χ4n) is 0.887. The molecule has 0 aliphatic heterocycles. The minimum atomic E-state index is -1.51. The van der Waals surface area contributed by atoms with Crippen LogP contribution in [0.4, 0.5) is 0 Å². The van der Waals surface area contributed by atoms with Crippen molar-refractivity contribution in [2.75, 3.05) is 0 Å². The molecule has 1 rings (SSSR count). The first-order chi connectivity index (χ1) is 5.76. The summed E-state index contributed by atoms with van der Waals surface area (Å²) in [4.78, 5) is 11.0. The zero-order valence-electron chi connectivity index (χ0n) is 6.65. The Balaban J connectivity index is 3.10. The molecule has 0 spiro atoms. The number of ketones is 1. The molecule has 72 valence electrons. The Bertz CT molecular complexity index is 300. The van der Waals surface area contributed by atoms with Crippen molar-refractivity contribution in [3.8, 4) is 0 Å². The van der Waals surface area contributed by atoms with Crippen LogP contribution in [-0.4, -0.2) is 9.58 Å². The van der Waals surface area contributed by atoms with Gasteiger partial charge in [0.25, 0.3) is 0 Å². The monoisotopic (exact) mass is 258 g/mol. The van der Waals surface area contributed by atoms with Crippen molar-refractivity contribution >= 4 is 52.2 Å². The van der Waals surface area contributed by atoms with Crippen molar-refractivity contribution in [3.63, 3.8) is 0 Å². The van der Waals surface area contributed by atoms with Gasteiger partial charge in [-0.3, -0.25) is 4.79 Å². The van der Waals surface area contributed by atoms with Crippen molar-refractivity contribution in [2.24, 2.45) is 5.41 Å². The van der Waals surface area contributed by atoms with Gasteiger partial charge in [-0.25, -0.2) is 0 Å². The van der Waals surface area contributed by atoms with Crippen molar-refractivity contribution in [3.05, 3.63) is 23.3 Å². The number of hydrogen-bond donors (Lipinski definition) is 0. The van der Waals surface area contributed by atoms with Crippen LogP contribution in [0.2, 0.25) is 0 Å².